The molecule has 1 N–H and O–H groups in total. The van der Waals surface area contributed by atoms with Crippen molar-refractivity contribution in [2.24, 2.45) is 0 Å². The first-order valence-corrected chi connectivity index (χ1v) is 8.36. The summed E-state index contributed by atoms with van der Waals surface area (Å²) in [7, 11) is -2.86. The van der Waals surface area contributed by atoms with Gasteiger partial charge in [-0.1, -0.05) is 13.8 Å². The van der Waals surface area contributed by atoms with Crippen LogP contribution in [0.25, 0.3) is 0 Å². The van der Waals surface area contributed by atoms with Gasteiger partial charge in [-0.05, 0) is 38.2 Å². The molecule has 6 nitrogen and oxygen atoms in total. The Morgan fingerprint density at radius 2 is 1.80 bits per heavy atom. The third-order valence-corrected chi connectivity index (χ3v) is 5.13. The molecule has 0 fully saturated rings. The van der Waals surface area contributed by atoms with Gasteiger partial charge < -0.3 is 4.90 Å². The molecule has 0 aliphatic heterocycles. The quantitative estimate of drug-likeness (QED) is 0.590. The Labute approximate surface area is 119 Å². The second kappa shape index (κ2) is 7.35. The van der Waals surface area contributed by atoms with Gasteiger partial charge in [0.1, 0.15) is 0 Å². The minimum absolute atomic E-state index is 0.0490. The summed E-state index contributed by atoms with van der Waals surface area (Å²) in [6.45, 7) is 6.83. The Morgan fingerprint density at radius 1 is 1.25 bits per heavy atom. The van der Waals surface area contributed by atoms with Crippen LogP contribution in [-0.4, -0.2) is 39.4 Å². The monoisotopic (exact) mass is 299 g/mol. The summed E-state index contributed by atoms with van der Waals surface area (Å²) in [6.07, 6.45) is 0.682. The Balaban J connectivity index is 2.66. The fourth-order valence-electron chi connectivity index (χ4n) is 1.94. The predicted molar refractivity (Wildman–Crippen MR) is 79.5 cm³/mol. The van der Waals surface area contributed by atoms with Crippen molar-refractivity contribution < 1.29 is 9.13 Å². The maximum atomic E-state index is 12.3. The average Bonchev–Trinajstić information content (AvgIpc) is 2.43. The van der Waals surface area contributed by atoms with E-state index in [2.05, 4.69) is 18.7 Å². The van der Waals surface area contributed by atoms with E-state index in [-0.39, 0.29) is 11.4 Å². The SMILES string of the molecule is CCN(CC)CCCS(=N)(=O)c1ccc([N+](=O)[O-])cc1. The Bertz CT molecular complexity index is 536. The number of non-ortho nitro benzene ring substituents is 1. The summed E-state index contributed by atoms with van der Waals surface area (Å²) in [5.41, 5.74) is -0.0490. The summed E-state index contributed by atoms with van der Waals surface area (Å²) < 4.78 is 20.2. The summed E-state index contributed by atoms with van der Waals surface area (Å²) in [5, 5.41) is 10.6. The normalized spacial score (nSPS) is 14.2. The van der Waals surface area contributed by atoms with Crippen molar-refractivity contribution in [1.82, 2.24) is 4.90 Å². The van der Waals surface area contributed by atoms with Crippen molar-refractivity contribution in [3.05, 3.63) is 34.4 Å². The van der Waals surface area contributed by atoms with Gasteiger partial charge >= 0.3 is 0 Å². The van der Waals surface area contributed by atoms with E-state index in [9.17, 15) is 14.3 Å². The third kappa shape index (κ3) is 4.57. The fraction of sp³-hybridized carbons (Fsp3) is 0.538. The Kier molecular flexibility index (Phi) is 6.09. The van der Waals surface area contributed by atoms with Gasteiger partial charge in [-0.15, -0.1) is 0 Å². The van der Waals surface area contributed by atoms with E-state index in [4.69, 9.17) is 4.78 Å². The lowest BCUT2D eigenvalue weighted by molar-refractivity contribution is -0.384. The van der Waals surface area contributed by atoms with Crippen LogP contribution >= 0.6 is 0 Å². The van der Waals surface area contributed by atoms with E-state index in [1.54, 1.807) is 0 Å². The summed E-state index contributed by atoms with van der Waals surface area (Å²) >= 11 is 0. The van der Waals surface area contributed by atoms with Crippen molar-refractivity contribution in [3.63, 3.8) is 0 Å². The van der Waals surface area contributed by atoms with E-state index in [0.717, 1.165) is 19.6 Å². The molecule has 0 saturated heterocycles. The molecule has 0 aliphatic rings. The standard InChI is InChI=1S/C13H21N3O3S/c1-3-15(4-2)10-5-11-20(14,19)13-8-6-12(7-9-13)16(17)18/h6-9,14H,3-5,10-11H2,1-2H3. The highest BCUT2D eigenvalue weighted by molar-refractivity contribution is 7.92. The van der Waals surface area contributed by atoms with Crippen LogP contribution in [0.15, 0.2) is 29.2 Å². The van der Waals surface area contributed by atoms with Gasteiger partial charge in [0, 0.05) is 22.8 Å². The average molecular weight is 299 g/mol. The molecule has 0 spiro atoms. The number of rotatable bonds is 8. The predicted octanol–water partition coefficient (Wildman–Crippen LogP) is 2.73. The van der Waals surface area contributed by atoms with Gasteiger partial charge in [-0.25, -0.2) is 8.99 Å². The molecule has 112 valence electrons. The molecule has 1 aromatic rings. The van der Waals surface area contributed by atoms with Gasteiger partial charge in [0.05, 0.1) is 14.7 Å². The molecule has 1 atom stereocenters. The van der Waals surface area contributed by atoms with Gasteiger partial charge in [-0.3, -0.25) is 10.1 Å². The molecule has 0 amide bonds. The third-order valence-electron chi connectivity index (χ3n) is 3.23. The van der Waals surface area contributed by atoms with Crippen LogP contribution in [0.3, 0.4) is 0 Å². The van der Waals surface area contributed by atoms with Crippen molar-refractivity contribution in [2.75, 3.05) is 25.4 Å². The molecule has 0 bridgehead atoms. The van der Waals surface area contributed by atoms with E-state index in [1.165, 1.54) is 24.3 Å². The van der Waals surface area contributed by atoms with Crippen molar-refractivity contribution in [3.8, 4) is 0 Å². The molecule has 7 heteroatoms. The van der Waals surface area contributed by atoms with Crippen molar-refractivity contribution in [2.45, 2.75) is 25.2 Å². The van der Waals surface area contributed by atoms with E-state index in [0.29, 0.717) is 11.3 Å². The van der Waals surface area contributed by atoms with Crippen molar-refractivity contribution >= 4 is 15.4 Å². The highest BCUT2D eigenvalue weighted by Crippen LogP contribution is 2.18. The second-order valence-corrected chi connectivity index (χ2v) is 6.74. The molecular weight excluding hydrogens is 278 g/mol. The van der Waals surface area contributed by atoms with Crippen LogP contribution in [0.1, 0.15) is 20.3 Å². The van der Waals surface area contributed by atoms with Gasteiger partial charge in [0.15, 0.2) is 0 Å². The number of nitrogens with zero attached hydrogens (tertiary/aromatic N) is 2. The number of nitrogens with one attached hydrogen (secondary N) is 1. The van der Waals surface area contributed by atoms with Gasteiger partial charge in [0.2, 0.25) is 0 Å². The number of benzene rings is 1. The molecule has 1 unspecified atom stereocenters. The molecule has 20 heavy (non-hydrogen) atoms. The number of hydrogen-bond acceptors (Lipinski definition) is 5. The van der Waals surface area contributed by atoms with E-state index in [1.807, 2.05) is 0 Å². The minimum atomic E-state index is -2.86. The first-order chi connectivity index (χ1) is 9.40. The van der Waals surface area contributed by atoms with Crippen LogP contribution in [0.4, 0.5) is 5.69 Å². The maximum Gasteiger partial charge on any atom is 0.269 e. The highest BCUT2D eigenvalue weighted by atomic mass is 32.2. The molecule has 0 saturated carbocycles. The van der Waals surface area contributed by atoms with Crippen LogP contribution in [0, 0.1) is 14.9 Å². The highest BCUT2D eigenvalue weighted by Gasteiger charge is 2.13. The van der Waals surface area contributed by atoms with Crippen molar-refractivity contribution in [1.29, 1.82) is 4.78 Å². The number of nitro benzene ring substituents is 1. The van der Waals surface area contributed by atoms with E-state index >= 15 is 0 Å². The zero-order valence-corrected chi connectivity index (χ0v) is 12.7. The lowest BCUT2D eigenvalue weighted by Gasteiger charge is -2.18. The second-order valence-electron chi connectivity index (χ2n) is 4.51. The number of nitro groups is 1. The summed E-state index contributed by atoms with van der Waals surface area (Å²) in [4.78, 5) is 12.6. The molecule has 0 aromatic heterocycles. The summed E-state index contributed by atoms with van der Waals surface area (Å²) in [6, 6.07) is 5.44. The lowest BCUT2D eigenvalue weighted by atomic mass is 10.3. The minimum Gasteiger partial charge on any atom is -0.304 e. The van der Waals surface area contributed by atoms with Crippen LogP contribution < -0.4 is 0 Å². The van der Waals surface area contributed by atoms with Gasteiger partial charge in [-0.2, -0.15) is 0 Å². The topological polar surface area (TPSA) is 87.3 Å². The zero-order chi connectivity index (χ0) is 15.2. The molecule has 0 radical (unpaired) electrons. The fourth-order valence-corrected chi connectivity index (χ4v) is 3.28. The number of hydrogen-bond donors (Lipinski definition) is 1. The molecule has 0 aliphatic carbocycles. The summed E-state index contributed by atoms with van der Waals surface area (Å²) in [5.74, 6) is 0.279. The Morgan fingerprint density at radius 3 is 2.25 bits per heavy atom. The zero-order valence-electron chi connectivity index (χ0n) is 11.9. The smallest absolute Gasteiger partial charge is 0.269 e. The lowest BCUT2D eigenvalue weighted by Crippen LogP contribution is -2.25. The molecule has 1 rings (SSSR count). The molecule has 1 aromatic carbocycles. The van der Waals surface area contributed by atoms with Crippen LogP contribution in [-0.2, 0) is 9.73 Å². The van der Waals surface area contributed by atoms with E-state index < -0.39 is 14.7 Å². The first-order valence-electron chi connectivity index (χ1n) is 6.64. The van der Waals surface area contributed by atoms with Crippen LogP contribution in [0.5, 0.6) is 0 Å². The maximum absolute atomic E-state index is 12.3. The molecular formula is C13H21N3O3S. The first kappa shape index (κ1) is 16.6. The largest absolute Gasteiger partial charge is 0.304 e. The van der Waals surface area contributed by atoms with Gasteiger partial charge in [0.25, 0.3) is 5.69 Å². The Hall–Kier alpha value is -1.47. The van der Waals surface area contributed by atoms with Crippen LogP contribution in [0.2, 0.25) is 0 Å². The molecule has 0 heterocycles.